The maximum absolute atomic E-state index is 4.98. The maximum Gasteiger partial charge on any atom is 0.0607 e. The average molecular weight is 348 g/mol. The van der Waals surface area contributed by atoms with Crippen molar-refractivity contribution in [3.8, 4) is 5.75 Å². The number of ether oxygens (including phenoxy) is 1. The van der Waals surface area contributed by atoms with Crippen LogP contribution in [0.5, 0.6) is 5.75 Å². The molecular formula is C8H9AcO-. The minimum absolute atomic E-state index is 0. The van der Waals surface area contributed by atoms with E-state index < -0.39 is 0 Å². The van der Waals surface area contributed by atoms with E-state index in [1.54, 1.807) is 7.11 Å². The molecule has 0 heterocycles. The molecule has 0 fully saturated rings. The normalized spacial score (nSPS) is 8.10. The van der Waals surface area contributed by atoms with Crippen LogP contribution in [0.4, 0.5) is 0 Å². The van der Waals surface area contributed by atoms with Crippen molar-refractivity contribution in [2.24, 2.45) is 0 Å². The van der Waals surface area contributed by atoms with E-state index >= 15 is 0 Å². The number of rotatable bonds is 1. The molecular weight excluding hydrogens is 339 g/mol. The molecule has 1 nitrogen and oxygen atoms in total. The van der Waals surface area contributed by atoms with E-state index in [1.807, 2.05) is 24.3 Å². The Balaban J connectivity index is 0.000000810. The van der Waals surface area contributed by atoms with Crippen LogP contribution >= 0.6 is 0 Å². The molecule has 0 saturated carbocycles. The second-order valence-electron chi connectivity index (χ2n) is 1.81. The van der Waals surface area contributed by atoms with Crippen molar-refractivity contribution in [3.63, 3.8) is 0 Å². The van der Waals surface area contributed by atoms with E-state index in [0.29, 0.717) is 0 Å². The Bertz CT molecular complexity index is 198. The van der Waals surface area contributed by atoms with Gasteiger partial charge < -0.3 is 4.74 Å². The summed E-state index contributed by atoms with van der Waals surface area (Å²) in [4.78, 5) is 0. The fraction of sp³-hybridized carbons (Fsp3) is 0.125. The largest absolute Gasteiger partial charge is 0.554 e. The zero-order chi connectivity index (χ0) is 6.69. The Hall–Kier alpha value is 0.332. The van der Waals surface area contributed by atoms with E-state index in [2.05, 4.69) is 6.92 Å². The molecule has 0 amide bonds. The summed E-state index contributed by atoms with van der Waals surface area (Å²) in [6.07, 6.45) is 0. The SMILES string of the molecule is [Ac].[CH2-]c1ccccc1OC. The number of benzene rings is 1. The van der Waals surface area contributed by atoms with Crippen LogP contribution in [0.1, 0.15) is 5.56 Å². The van der Waals surface area contributed by atoms with Crippen molar-refractivity contribution >= 4 is 0 Å². The first kappa shape index (κ1) is 10.3. The third-order valence-corrected chi connectivity index (χ3v) is 1.19. The van der Waals surface area contributed by atoms with Gasteiger partial charge in [-0.3, -0.25) is 0 Å². The van der Waals surface area contributed by atoms with E-state index in [4.69, 9.17) is 4.74 Å². The predicted octanol–water partition coefficient (Wildman–Crippen LogP) is 1.88. The molecule has 0 spiro atoms. The van der Waals surface area contributed by atoms with Crippen molar-refractivity contribution < 1.29 is 48.8 Å². The average Bonchev–Trinajstić information content (AvgIpc) is 1.89. The fourth-order valence-electron chi connectivity index (χ4n) is 0.703. The van der Waals surface area contributed by atoms with Crippen LogP contribution in [-0.2, 0) is 0 Å². The fourth-order valence-corrected chi connectivity index (χ4v) is 0.703. The van der Waals surface area contributed by atoms with Crippen LogP contribution in [-0.4, -0.2) is 7.11 Å². The first-order valence-electron chi connectivity index (χ1n) is 2.79. The Labute approximate surface area is 97.3 Å². The van der Waals surface area contributed by atoms with Gasteiger partial charge in [-0.15, -0.1) is 6.07 Å². The zero-order valence-electron chi connectivity index (χ0n) is 6.00. The van der Waals surface area contributed by atoms with Crippen LogP contribution in [0.2, 0.25) is 0 Å². The molecule has 1 rings (SSSR count). The molecule has 0 aliphatic rings. The van der Waals surface area contributed by atoms with Crippen LogP contribution in [0.3, 0.4) is 0 Å². The second-order valence-corrected chi connectivity index (χ2v) is 1.81. The maximum atomic E-state index is 4.98. The molecule has 2 heteroatoms. The summed E-state index contributed by atoms with van der Waals surface area (Å²) in [5, 5.41) is 0. The van der Waals surface area contributed by atoms with Crippen molar-refractivity contribution in [3.05, 3.63) is 36.8 Å². The molecule has 1 aromatic carbocycles. The molecule has 1 aromatic rings. The molecule has 1 radical (unpaired) electrons. The summed E-state index contributed by atoms with van der Waals surface area (Å²) >= 11 is 0. The van der Waals surface area contributed by atoms with Crippen molar-refractivity contribution in [1.29, 1.82) is 0 Å². The Kier molecular flexibility index (Phi) is 5.21. The molecule has 0 bridgehead atoms. The van der Waals surface area contributed by atoms with Gasteiger partial charge in [-0.25, -0.2) is 0 Å². The molecule has 51 valence electrons. The number of hydrogen-bond acceptors (Lipinski definition) is 1. The van der Waals surface area contributed by atoms with E-state index in [9.17, 15) is 0 Å². The van der Waals surface area contributed by atoms with Gasteiger partial charge in [-0.2, -0.15) is 18.6 Å². The van der Waals surface area contributed by atoms with Gasteiger partial charge in [0.2, 0.25) is 0 Å². The predicted molar refractivity (Wildman–Crippen MR) is 37.5 cm³/mol. The van der Waals surface area contributed by atoms with Gasteiger partial charge in [0.1, 0.15) is 0 Å². The van der Waals surface area contributed by atoms with Gasteiger partial charge in [-0.1, -0.05) is 12.1 Å². The number of methoxy groups -OCH3 is 1. The minimum Gasteiger partial charge on any atom is -0.554 e. The van der Waals surface area contributed by atoms with Gasteiger partial charge in [-0.05, 0) is 0 Å². The summed E-state index contributed by atoms with van der Waals surface area (Å²) < 4.78 is 4.98. The molecule has 0 aliphatic heterocycles. The zero-order valence-corrected chi connectivity index (χ0v) is 10.7. The monoisotopic (exact) mass is 348 g/mol. The minimum atomic E-state index is 0. The van der Waals surface area contributed by atoms with Gasteiger partial charge >= 0.3 is 0 Å². The van der Waals surface area contributed by atoms with Crippen molar-refractivity contribution in [2.75, 3.05) is 7.11 Å². The third-order valence-electron chi connectivity index (χ3n) is 1.19. The molecule has 0 aromatic heterocycles. The molecule has 0 saturated heterocycles. The quantitative estimate of drug-likeness (QED) is 0.705. The first-order chi connectivity index (χ1) is 4.34. The second kappa shape index (κ2) is 5.04. The van der Waals surface area contributed by atoms with Crippen LogP contribution in [0, 0.1) is 51.0 Å². The van der Waals surface area contributed by atoms with Gasteiger partial charge in [0, 0.05) is 49.8 Å². The van der Waals surface area contributed by atoms with E-state index in [1.165, 1.54) is 0 Å². The summed E-state index contributed by atoms with van der Waals surface area (Å²) in [6.45, 7) is 3.77. The Morgan fingerprint density at radius 2 is 1.90 bits per heavy atom. The third kappa shape index (κ3) is 2.52. The number of hydrogen-bond donors (Lipinski definition) is 0. The molecule has 10 heavy (non-hydrogen) atoms. The van der Waals surface area contributed by atoms with E-state index in [-0.39, 0.29) is 44.1 Å². The standard InChI is InChI=1S/C8H9O.Ac/c1-7-5-3-4-6-8(7)9-2;/h3-6H,1H2,2H3;/q-1;. The number of para-hydroxylation sites is 1. The summed E-state index contributed by atoms with van der Waals surface area (Å²) in [7, 11) is 1.64. The first-order valence-corrected chi connectivity index (χ1v) is 2.79. The topological polar surface area (TPSA) is 9.23 Å². The van der Waals surface area contributed by atoms with Crippen molar-refractivity contribution in [2.45, 2.75) is 0 Å². The van der Waals surface area contributed by atoms with Gasteiger partial charge in [0.05, 0.1) is 7.11 Å². The Morgan fingerprint density at radius 3 is 2.30 bits per heavy atom. The smallest absolute Gasteiger partial charge is 0.0607 e. The molecule has 0 N–H and O–H groups in total. The van der Waals surface area contributed by atoms with Crippen LogP contribution in [0.25, 0.3) is 0 Å². The molecule has 0 atom stereocenters. The molecule has 0 aliphatic carbocycles. The van der Waals surface area contributed by atoms with Crippen LogP contribution < -0.4 is 4.74 Å². The van der Waals surface area contributed by atoms with Crippen molar-refractivity contribution in [1.82, 2.24) is 0 Å². The van der Waals surface area contributed by atoms with Gasteiger partial charge in [0.25, 0.3) is 0 Å². The molecule has 0 unspecified atom stereocenters. The van der Waals surface area contributed by atoms with Gasteiger partial charge in [0.15, 0.2) is 0 Å². The summed E-state index contributed by atoms with van der Waals surface area (Å²) in [5.41, 5.74) is 0.931. The summed E-state index contributed by atoms with van der Waals surface area (Å²) in [6, 6.07) is 7.67. The van der Waals surface area contributed by atoms with Crippen LogP contribution in [0.15, 0.2) is 24.3 Å². The Morgan fingerprint density at radius 1 is 1.30 bits per heavy atom. The summed E-state index contributed by atoms with van der Waals surface area (Å²) in [5.74, 6) is 0.845. The van der Waals surface area contributed by atoms with E-state index in [0.717, 1.165) is 11.3 Å².